The lowest BCUT2D eigenvalue weighted by atomic mass is 10.2. The number of carbonyl (C=O) groups is 1. The number of ether oxygens (including phenoxy) is 2. The molecule has 1 aromatic carbocycles. The SMILES string of the molecule is CCOC(=O)c1csc(Nc2nc(-c3cccnc3)nc3ccc(OC)cc23)n1. The van der Waals surface area contributed by atoms with E-state index in [2.05, 4.69) is 25.3 Å². The Morgan fingerprint density at radius 2 is 2.10 bits per heavy atom. The first-order valence-corrected chi connectivity index (χ1v) is 9.71. The monoisotopic (exact) mass is 407 g/mol. The van der Waals surface area contributed by atoms with E-state index >= 15 is 0 Å². The van der Waals surface area contributed by atoms with Crippen LogP contribution in [0.25, 0.3) is 22.3 Å². The predicted molar refractivity (Wildman–Crippen MR) is 111 cm³/mol. The highest BCUT2D eigenvalue weighted by atomic mass is 32.1. The lowest BCUT2D eigenvalue weighted by Crippen LogP contribution is -2.05. The Morgan fingerprint density at radius 3 is 2.86 bits per heavy atom. The van der Waals surface area contributed by atoms with Crippen molar-refractivity contribution in [2.24, 2.45) is 0 Å². The highest BCUT2D eigenvalue weighted by Crippen LogP contribution is 2.30. The van der Waals surface area contributed by atoms with Crippen LogP contribution in [0, 0.1) is 0 Å². The average Bonchev–Trinajstić information content (AvgIpc) is 3.23. The highest BCUT2D eigenvalue weighted by Gasteiger charge is 2.15. The summed E-state index contributed by atoms with van der Waals surface area (Å²) in [6, 6.07) is 9.28. The second-order valence-electron chi connectivity index (χ2n) is 5.90. The van der Waals surface area contributed by atoms with Crippen molar-refractivity contribution in [2.75, 3.05) is 19.0 Å². The number of benzene rings is 1. The molecule has 0 bridgehead atoms. The number of fused-ring (bicyclic) bond motifs is 1. The summed E-state index contributed by atoms with van der Waals surface area (Å²) in [5.74, 6) is 1.31. The van der Waals surface area contributed by atoms with E-state index < -0.39 is 5.97 Å². The van der Waals surface area contributed by atoms with Gasteiger partial charge in [0.05, 0.1) is 19.2 Å². The minimum Gasteiger partial charge on any atom is -0.497 e. The number of hydrogen-bond donors (Lipinski definition) is 1. The van der Waals surface area contributed by atoms with Gasteiger partial charge in [-0.3, -0.25) is 4.98 Å². The van der Waals surface area contributed by atoms with Crippen LogP contribution in [0.5, 0.6) is 5.75 Å². The molecule has 8 nitrogen and oxygen atoms in total. The number of carbonyl (C=O) groups excluding carboxylic acids is 1. The van der Waals surface area contributed by atoms with Gasteiger partial charge in [-0.25, -0.2) is 19.7 Å². The third-order valence-corrected chi connectivity index (χ3v) is 4.79. The predicted octanol–water partition coefficient (Wildman–Crippen LogP) is 4.08. The van der Waals surface area contributed by atoms with Gasteiger partial charge in [-0.15, -0.1) is 11.3 Å². The molecule has 146 valence electrons. The van der Waals surface area contributed by atoms with Crippen molar-refractivity contribution in [3.8, 4) is 17.1 Å². The van der Waals surface area contributed by atoms with Crippen LogP contribution in [0.3, 0.4) is 0 Å². The molecule has 4 rings (SSSR count). The molecule has 3 aromatic heterocycles. The molecule has 0 spiro atoms. The van der Waals surface area contributed by atoms with Crippen molar-refractivity contribution in [2.45, 2.75) is 6.92 Å². The van der Waals surface area contributed by atoms with Gasteiger partial charge in [0.25, 0.3) is 0 Å². The molecule has 0 saturated heterocycles. The van der Waals surface area contributed by atoms with Crippen LogP contribution in [0.2, 0.25) is 0 Å². The summed E-state index contributed by atoms with van der Waals surface area (Å²) in [4.78, 5) is 29.6. The molecule has 0 unspecified atom stereocenters. The average molecular weight is 407 g/mol. The van der Waals surface area contributed by atoms with Crippen molar-refractivity contribution in [3.05, 3.63) is 53.8 Å². The molecular weight excluding hydrogens is 390 g/mol. The minimum absolute atomic E-state index is 0.253. The number of methoxy groups -OCH3 is 1. The molecule has 9 heteroatoms. The largest absolute Gasteiger partial charge is 0.497 e. The number of aromatic nitrogens is 4. The first-order valence-electron chi connectivity index (χ1n) is 8.83. The zero-order valence-corrected chi connectivity index (χ0v) is 16.6. The summed E-state index contributed by atoms with van der Waals surface area (Å²) >= 11 is 1.29. The van der Waals surface area contributed by atoms with Crippen LogP contribution >= 0.6 is 11.3 Å². The van der Waals surface area contributed by atoms with Crippen LogP contribution in [0.15, 0.2) is 48.1 Å². The number of nitrogens with zero attached hydrogens (tertiary/aromatic N) is 4. The minimum atomic E-state index is -0.456. The van der Waals surface area contributed by atoms with Gasteiger partial charge >= 0.3 is 5.97 Å². The smallest absolute Gasteiger partial charge is 0.357 e. The van der Waals surface area contributed by atoms with Crippen molar-refractivity contribution in [3.63, 3.8) is 0 Å². The maximum absolute atomic E-state index is 11.9. The second-order valence-corrected chi connectivity index (χ2v) is 6.76. The van der Waals surface area contributed by atoms with E-state index in [4.69, 9.17) is 9.47 Å². The number of hydrogen-bond acceptors (Lipinski definition) is 9. The van der Waals surface area contributed by atoms with E-state index in [1.54, 1.807) is 31.8 Å². The number of rotatable bonds is 6. The molecule has 0 radical (unpaired) electrons. The van der Waals surface area contributed by atoms with Gasteiger partial charge in [0.2, 0.25) is 0 Å². The summed E-state index contributed by atoms with van der Waals surface area (Å²) < 4.78 is 10.3. The number of pyridine rings is 1. The van der Waals surface area contributed by atoms with Crippen LogP contribution in [0.1, 0.15) is 17.4 Å². The Bertz CT molecular complexity index is 1160. The number of nitrogens with one attached hydrogen (secondary N) is 1. The van der Waals surface area contributed by atoms with Gasteiger partial charge in [0, 0.05) is 28.7 Å². The van der Waals surface area contributed by atoms with Crippen molar-refractivity contribution in [1.82, 2.24) is 19.9 Å². The molecule has 0 aliphatic heterocycles. The first kappa shape index (κ1) is 18.8. The Balaban J connectivity index is 1.78. The van der Waals surface area contributed by atoms with E-state index in [-0.39, 0.29) is 5.69 Å². The van der Waals surface area contributed by atoms with Crippen molar-refractivity contribution in [1.29, 1.82) is 0 Å². The zero-order chi connectivity index (χ0) is 20.2. The first-order chi connectivity index (χ1) is 14.2. The molecule has 3 heterocycles. The van der Waals surface area contributed by atoms with Crippen molar-refractivity contribution < 1.29 is 14.3 Å². The normalized spacial score (nSPS) is 10.7. The van der Waals surface area contributed by atoms with E-state index in [0.717, 1.165) is 16.5 Å². The number of anilines is 2. The molecule has 1 N–H and O–H groups in total. The fourth-order valence-corrected chi connectivity index (χ4v) is 3.36. The van der Waals surface area contributed by atoms with E-state index in [9.17, 15) is 4.79 Å². The van der Waals surface area contributed by atoms with E-state index in [1.807, 2.05) is 30.3 Å². The molecule has 0 fully saturated rings. The summed E-state index contributed by atoms with van der Waals surface area (Å²) in [7, 11) is 1.60. The summed E-state index contributed by atoms with van der Waals surface area (Å²) in [5, 5.41) is 6.13. The molecular formula is C20H17N5O3S. The molecule has 0 saturated carbocycles. The summed E-state index contributed by atoms with van der Waals surface area (Å²) in [5.41, 5.74) is 1.78. The number of thiazole rings is 1. The Kier molecular flexibility index (Phi) is 5.30. The second kappa shape index (κ2) is 8.19. The Morgan fingerprint density at radius 1 is 1.21 bits per heavy atom. The van der Waals surface area contributed by atoms with Crippen molar-refractivity contribution >= 4 is 39.2 Å². The highest BCUT2D eigenvalue weighted by molar-refractivity contribution is 7.14. The fraction of sp³-hybridized carbons (Fsp3) is 0.150. The van der Waals surface area contributed by atoms with Gasteiger partial charge in [-0.1, -0.05) is 0 Å². The maximum atomic E-state index is 11.9. The molecule has 4 aromatic rings. The van der Waals surface area contributed by atoms with Gasteiger partial charge in [0.1, 0.15) is 11.6 Å². The molecule has 0 amide bonds. The quantitative estimate of drug-likeness (QED) is 0.478. The molecule has 29 heavy (non-hydrogen) atoms. The lowest BCUT2D eigenvalue weighted by Gasteiger charge is -2.10. The number of esters is 1. The van der Waals surface area contributed by atoms with Gasteiger partial charge < -0.3 is 14.8 Å². The van der Waals surface area contributed by atoms with E-state index in [0.29, 0.717) is 29.1 Å². The zero-order valence-electron chi connectivity index (χ0n) is 15.7. The van der Waals surface area contributed by atoms with E-state index in [1.165, 1.54) is 11.3 Å². The van der Waals surface area contributed by atoms with Gasteiger partial charge in [-0.05, 0) is 37.3 Å². The third-order valence-electron chi connectivity index (χ3n) is 4.04. The lowest BCUT2D eigenvalue weighted by molar-refractivity contribution is 0.0520. The Labute approximate surface area is 170 Å². The molecule has 0 aliphatic rings. The van der Waals surface area contributed by atoms with Gasteiger partial charge in [-0.2, -0.15) is 0 Å². The van der Waals surface area contributed by atoms with Crippen LogP contribution < -0.4 is 10.1 Å². The summed E-state index contributed by atoms with van der Waals surface area (Å²) in [6.07, 6.45) is 3.40. The van der Waals surface area contributed by atoms with Crippen LogP contribution in [-0.2, 0) is 4.74 Å². The van der Waals surface area contributed by atoms with Gasteiger partial charge in [0.15, 0.2) is 16.6 Å². The Hall–Kier alpha value is -3.59. The standard InChI is InChI=1S/C20H17N5O3S/c1-3-28-19(26)16-11-29-20(23-16)25-18-14-9-13(27-2)6-7-15(14)22-17(24-18)12-5-4-8-21-10-12/h4-11H,3H2,1-2H3,(H,22,23,24,25). The molecule has 0 atom stereocenters. The van der Waals surface area contributed by atoms with Crippen LogP contribution in [0.4, 0.5) is 10.9 Å². The third kappa shape index (κ3) is 3.99. The molecule has 0 aliphatic carbocycles. The topological polar surface area (TPSA) is 99.1 Å². The fourth-order valence-electron chi connectivity index (χ4n) is 2.69. The summed E-state index contributed by atoms with van der Waals surface area (Å²) in [6.45, 7) is 2.05. The van der Waals surface area contributed by atoms with Crippen LogP contribution in [-0.4, -0.2) is 39.6 Å². The maximum Gasteiger partial charge on any atom is 0.357 e.